The summed E-state index contributed by atoms with van der Waals surface area (Å²) in [5, 5.41) is 0. The highest BCUT2D eigenvalue weighted by atomic mass is 79.9. The normalized spacial score (nSPS) is 12.2. The van der Waals surface area contributed by atoms with Gasteiger partial charge in [0.05, 0.1) is 13.5 Å². The van der Waals surface area contributed by atoms with Crippen molar-refractivity contribution in [1.29, 1.82) is 0 Å². The molecule has 5 heteroatoms. The zero-order chi connectivity index (χ0) is 8.15. The van der Waals surface area contributed by atoms with Gasteiger partial charge in [0.25, 0.3) is 0 Å². The largest absolute Gasteiger partial charge is 0.469 e. The third-order valence-electron chi connectivity index (χ3n) is 0.882. The third-order valence-corrected chi connectivity index (χ3v) is 1.66. The highest BCUT2D eigenvalue weighted by Gasteiger charge is 2.15. The Morgan fingerprint density at radius 2 is 2.20 bits per heavy atom. The zero-order valence-corrected chi connectivity index (χ0v) is 7.05. The molecule has 0 aliphatic carbocycles. The van der Waals surface area contributed by atoms with Gasteiger partial charge < -0.3 is 10.5 Å². The standard InChI is InChI=1S/C5H8BrNO3/c1-10-4(8)2-3(6)5(7)9/h3H,2H2,1H3,(H2,7,9)/t3-/m0/s1. The molecule has 0 aromatic rings. The quantitative estimate of drug-likeness (QED) is 0.517. The maximum Gasteiger partial charge on any atom is 0.307 e. The van der Waals surface area contributed by atoms with Gasteiger partial charge >= 0.3 is 5.97 Å². The highest BCUT2D eigenvalue weighted by molar-refractivity contribution is 9.10. The number of primary amides is 1. The predicted molar refractivity (Wildman–Crippen MR) is 38.5 cm³/mol. The van der Waals surface area contributed by atoms with Gasteiger partial charge in [-0.1, -0.05) is 15.9 Å². The monoisotopic (exact) mass is 209 g/mol. The summed E-state index contributed by atoms with van der Waals surface area (Å²) >= 11 is 2.91. The second-order valence-corrected chi connectivity index (χ2v) is 2.76. The fourth-order valence-corrected chi connectivity index (χ4v) is 0.595. The Bertz CT molecular complexity index is 148. The van der Waals surface area contributed by atoms with E-state index in [0.29, 0.717) is 0 Å². The van der Waals surface area contributed by atoms with Crippen LogP contribution in [0.2, 0.25) is 0 Å². The van der Waals surface area contributed by atoms with Crippen molar-refractivity contribution in [2.75, 3.05) is 7.11 Å². The van der Waals surface area contributed by atoms with Crippen molar-refractivity contribution < 1.29 is 14.3 Å². The lowest BCUT2D eigenvalue weighted by molar-refractivity contribution is -0.141. The number of ether oxygens (including phenoxy) is 1. The number of hydrogen-bond donors (Lipinski definition) is 1. The SMILES string of the molecule is COC(=O)C[C@H](Br)C(N)=O. The summed E-state index contributed by atoms with van der Waals surface area (Å²) in [5.41, 5.74) is 4.85. The minimum Gasteiger partial charge on any atom is -0.469 e. The van der Waals surface area contributed by atoms with E-state index in [1.54, 1.807) is 0 Å². The minimum absolute atomic E-state index is 0.0220. The number of carbonyl (C=O) groups is 2. The molecule has 0 heterocycles. The summed E-state index contributed by atoms with van der Waals surface area (Å²) in [6.07, 6.45) is -0.0220. The van der Waals surface area contributed by atoms with E-state index in [-0.39, 0.29) is 6.42 Å². The molecule has 0 aliphatic rings. The van der Waals surface area contributed by atoms with Crippen LogP contribution in [0.1, 0.15) is 6.42 Å². The lowest BCUT2D eigenvalue weighted by atomic mass is 10.3. The molecule has 58 valence electrons. The molecule has 0 radical (unpaired) electrons. The lowest BCUT2D eigenvalue weighted by Gasteiger charge is -2.01. The average molecular weight is 210 g/mol. The molecule has 0 saturated heterocycles. The van der Waals surface area contributed by atoms with Crippen LogP contribution >= 0.6 is 15.9 Å². The van der Waals surface area contributed by atoms with Crippen molar-refractivity contribution >= 4 is 27.8 Å². The van der Waals surface area contributed by atoms with Crippen molar-refractivity contribution in [3.8, 4) is 0 Å². The first-order valence-electron chi connectivity index (χ1n) is 2.58. The summed E-state index contributed by atoms with van der Waals surface area (Å²) in [5.74, 6) is -1.02. The Morgan fingerprint density at radius 3 is 2.50 bits per heavy atom. The Hall–Kier alpha value is -0.580. The van der Waals surface area contributed by atoms with Crippen LogP contribution in [0.4, 0.5) is 0 Å². The van der Waals surface area contributed by atoms with Gasteiger partial charge in [0.1, 0.15) is 4.83 Å². The van der Waals surface area contributed by atoms with Crippen molar-refractivity contribution in [2.24, 2.45) is 5.73 Å². The molecule has 0 unspecified atom stereocenters. The van der Waals surface area contributed by atoms with E-state index >= 15 is 0 Å². The van der Waals surface area contributed by atoms with Crippen molar-refractivity contribution in [2.45, 2.75) is 11.2 Å². The Balaban J connectivity index is 3.68. The summed E-state index contributed by atoms with van der Waals surface area (Å²) < 4.78 is 4.29. The van der Waals surface area contributed by atoms with Crippen molar-refractivity contribution in [3.05, 3.63) is 0 Å². The van der Waals surface area contributed by atoms with Crippen LogP contribution in [-0.4, -0.2) is 23.8 Å². The number of alkyl halides is 1. The van der Waals surface area contributed by atoms with Crippen LogP contribution in [0.15, 0.2) is 0 Å². The third kappa shape index (κ3) is 3.45. The van der Waals surface area contributed by atoms with Gasteiger partial charge in [0.2, 0.25) is 5.91 Å². The van der Waals surface area contributed by atoms with E-state index in [0.717, 1.165) is 0 Å². The summed E-state index contributed by atoms with van der Waals surface area (Å²) in [7, 11) is 1.25. The van der Waals surface area contributed by atoms with Crippen molar-refractivity contribution in [1.82, 2.24) is 0 Å². The molecule has 2 N–H and O–H groups in total. The van der Waals surface area contributed by atoms with Gasteiger partial charge in [-0.2, -0.15) is 0 Å². The van der Waals surface area contributed by atoms with E-state index < -0.39 is 16.7 Å². The van der Waals surface area contributed by atoms with Gasteiger partial charge in [-0.05, 0) is 0 Å². The number of esters is 1. The van der Waals surface area contributed by atoms with E-state index in [2.05, 4.69) is 20.7 Å². The first-order valence-corrected chi connectivity index (χ1v) is 3.49. The average Bonchev–Trinajstić information content (AvgIpc) is 1.87. The number of hydrogen-bond acceptors (Lipinski definition) is 3. The van der Waals surface area contributed by atoms with Crippen LogP contribution < -0.4 is 5.73 Å². The molecular weight excluding hydrogens is 202 g/mol. The summed E-state index contributed by atoms with van der Waals surface area (Å²) in [6, 6.07) is 0. The second-order valence-electron chi connectivity index (χ2n) is 1.65. The molecule has 0 aromatic carbocycles. The predicted octanol–water partition coefficient (Wildman–Crippen LogP) is -0.202. The number of carbonyl (C=O) groups excluding carboxylic acids is 2. The molecule has 0 bridgehead atoms. The van der Waals surface area contributed by atoms with Gasteiger partial charge in [-0.15, -0.1) is 0 Å². The topological polar surface area (TPSA) is 69.4 Å². The van der Waals surface area contributed by atoms with Crippen LogP contribution in [-0.2, 0) is 14.3 Å². The molecule has 4 nitrogen and oxygen atoms in total. The summed E-state index contributed by atoms with van der Waals surface area (Å²) in [4.78, 5) is 20.2. The maximum atomic E-state index is 10.5. The second kappa shape index (κ2) is 4.27. The van der Waals surface area contributed by atoms with E-state index in [4.69, 9.17) is 5.73 Å². The molecule has 1 amide bonds. The smallest absolute Gasteiger partial charge is 0.307 e. The molecule has 0 saturated carbocycles. The highest BCUT2D eigenvalue weighted by Crippen LogP contribution is 2.04. The Kier molecular flexibility index (Phi) is 4.02. The van der Waals surface area contributed by atoms with Gasteiger partial charge in [-0.3, -0.25) is 9.59 Å². The van der Waals surface area contributed by atoms with Crippen LogP contribution in [0.3, 0.4) is 0 Å². The fourth-order valence-electron chi connectivity index (χ4n) is 0.330. The molecule has 0 rings (SSSR count). The number of amides is 1. The first-order chi connectivity index (χ1) is 4.57. The van der Waals surface area contributed by atoms with E-state index in [1.807, 2.05) is 0 Å². The van der Waals surface area contributed by atoms with Crippen LogP contribution in [0, 0.1) is 0 Å². The van der Waals surface area contributed by atoms with Crippen molar-refractivity contribution in [3.63, 3.8) is 0 Å². The van der Waals surface area contributed by atoms with E-state index in [9.17, 15) is 9.59 Å². The zero-order valence-electron chi connectivity index (χ0n) is 5.46. The van der Waals surface area contributed by atoms with Gasteiger partial charge in [-0.25, -0.2) is 0 Å². The molecular formula is C5H8BrNO3. The van der Waals surface area contributed by atoms with Gasteiger partial charge in [0.15, 0.2) is 0 Å². The molecule has 0 aliphatic heterocycles. The molecule has 0 spiro atoms. The Morgan fingerprint density at radius 1 is 1.70 bits per heavy atom. The number of nitrogens with two attached hydrogens (primary N) is 1. The van der Waals surface area contributed by atoms with Crippen LogP contribution in [0.25, 0.3) is 0 Å². The lowest BCUT2D eigenvalue weighted by Crippen LogP contribution is -2.25. The number of halogens is 1. The number of rotatable bonds is 3. The fraction of sp³-hybridized carbons (Fsp3) is 0.600. The molecule has 0 fully saturated rings. The molecule has 10 heavy (non-hydrogen) atoms. The molecule has 0 aromatic heterocycles. The molecule has 1 atom stereocenters. The minimum atomic E-state index is -0.625. The summed E-state index contributed by atoms with van der Waals surface area (Å²) in [6.45, 7) is 0. The van der Waals surface area contributed by atoms with E-state index in [1.165, 1.54) is 7.11 Å². The van der Waals surface area contributed by atoms with Crippen LogP contribution in [0.5, 0.6) is 0 Å². The Labute approximate surface area is 66.8 Å². The maximum absolute atomic E-state index is 10.5. The number of methoxy groups -OCH3 is 1. The van der Waals surface area contributed by atoms with Gasteiger partial charge in [0, 0.05) is 0 Å². The first kappa shape index (κ1) is 9.42.